The molecule has 1 saturated heterocycles. The molecule has 1 heterocycles. The molecule has 1 fully saturated rings. The molecular formula is C11H18N2O4S. The summed E-state index contributed by atoms with van der Waals surface area (Å²) in [6.07, 6.45) is 0.909. The van der Waals surface area contributed by atoms with Crippen molar-refractivity contribution in [1.29, 1.82) is 5.26 Å². The van der Waals surface area contributed by atoms with Crippen molar-refractivity contribution in [1.82, 2.24) is 4.31 Å². The van der Waals surface area contributed by atoms with Gasteiger partial charge in [0.25, 0.3) is 0 Å². The molecule has 0 spiro atoms. The molecule has 0 saturated carbocycles. The standard InChI is InChI=1S/C11H18N2O4S/c1-3-17-11(14)10-4-6-13(7-5-10)18(15,16)9(2)8-12/h9-10H,3-7H2,1-2H3. The number of ether oxygens (including phenoxy) is 1. The molecule has 6 nitrogen and oxygen atoms in total. The van der Waals surface area contributed by atoms with Crippen LogP contribution in [0.25, 0.3) is 0 Å². The number of esters is 1. The number of hydrogen-bond donors (Lipinski definition) is 0. The molecule has 1 unspecified atom stereocenters. The molecule has 0 aromatic carbocycles. The maximum absolute atomic E-state index is 11.9. The number of nitrogens with zero attached hydrogens (tertiary/aromatic N) is 2. The van der Waals surface area contributed by atoms with Crippen molar-refractivity contribution >= 4 is 16.0 Å². The zero-order valence-corrected chi connectivity index (χ0v) is 11.4. The lowest BCUT2D eigenvalue weighted by Gasteiger charge is -2.30. The first-order valence-corrected chi connectivity index (χ1v) is 7.49. The number of rotatable bonds is 4. The van der Waals surface area contributed by atoms with Crippen molar-refractivity contribution in [3.05, 3.63) is 0 Å². The van der Waals surface area contributed by atoms with Crippen molar-refractivity contribution in [2.24, 2.45) is 5.92 Å². The number of carbonyl (C=O) groups excluding carboxylic acids is 1. The van der Waals surface area contributed by atoms with Crippen LogP contribution in [-0.2, 0) is 19.6 Å². The van der Waals surface area contributed by atoms with Gasteiger partial charge in [-0.1, -0.05) is 0 Å². The topological polar surface area (TPSA) is 87.5 Å². The maximum atomic E-state index is 11.9. The van der Waals surface area contributed by atoms with E-state index in [2.05, 4.69) is 0 Å². The Morgan fingerprint density at radius 2 is 2.06 bits per heavy atom. The molecule has 1 atom stereocenters. The van der Waals surface area contributed by atoms with Gasteiger partial charge in [0.1, 0.15) is 0 Å². The molecule has 18 heavy (non-hydrogen) atoms. The van der Waals surface area contributed by atoms with Crippen molar-refractivity contribution in [2.45, 2.75) is 31.9 Å². The van der Waals surface area contributed by atoms with Gasteiger partial charge < -0.3 is 4.74 Å². The molecule has 0 bridgehead atoms. The number of hydrogen-bond acceptors (Lipinski definition) is 5. The van der Waals surface area contributed by atoms with Gasteiger partial charge in [-0.25, -0.2) is 12.7 Å². The number of piperidine rings is 1. The quantitative estimate of drug-likeness (QED) is 0.697. The molecule has 1 aliphatic rings. The second kappa shape index (κ2) is 6.16. The fraction of sp³-hybridized carbons (Fsp3) is 0.818. The summed E-state index contributed by atoms with van der Waals surface area (Å²) in [5, 5.41) is 7.64. The smallest absolute Gasteiger partial charge is 0.309 e. The van der Waals surface area contributed by atoms with E-state index in [1.807, 2.05) is 0 Å². The van der Waals surface area contributed by atoms with Gasteiger partial charge in [0.05, 0.1) is 18.6 Å². The molecule has 0 amide bonds. The molecule has 7 heteroatoms. The van der Waals surface area contributed by atoms with E-state index < -0.39 is 15.3 Å². The molecule has 0 aromatic rings. The molecule has 1 aliphatic heterocycles. The van der Waals surface area contributed by atoms with Crippen LogP contribution in [0.15, 0.2) is 0 Å². The first-order chi connectivity index (χ1) is 8.43. The van der Waals surface area contributed by atoms with Crippen LogP contribution in [0.5, 0.6) is 0 Å². The molecule has 1 rings (SSSR count). The van der Waals surface area contributed by atoms with E-state index >= 15 is 0 Å². The minimum Gasteiger partial charge on any atom is -0.466 e. The van der Waals surface area contributed by atoms with Crippen molar-refractivity contribution in [2.75, 3.05) is 19.7 Å². The lowest BCUT2D eigenvalue weighted by molar-refractivity contribution is -0.149. The largest absolute Gasteiger partial charge is 0.466 e. The molecule has 0 radical (unpaired) electrons. The van der Waals surface area contributed by atoms with E-state index in [1.54, 1.807) is 13.0 Å². The first kappa shape index (κ1) is 14.9. The third kappa shape index (κ3) is 3.21. The van der Waals surface area contributed by atoms with Gasteiger partial charge in [-0.15, -0.1) is 0 Å². The Balaban J connectivity index is 2.60. The molecule has 102 valence electrons. The highest BCUT2D eigenvalue weighted by atomic mass is 32.2. The Bertz CT molecular complexity index is 432. The van der Waals surface area contributed by atoms with E-state index in [1.165, 1.54) is 11.2 Å². The lowest BCUT2D eigenvalue weighted by atomic mass is 9.98. The minimum absolute atomic E-state index is 0.228. The SMILES string of the molecule is CCOC(=O)C1CCN(S(=O)(=O)C(C)C#N)CC1. The zero-order chi connectivity index (χ0) is 13.8. The van der Waals surface area contributed by atoms with Gasteiger partial charge in [-0.05, 0) is 26.7 Å². The van der Waals surface area contributed by atoms with Crippen LogP contribution in [0.3, 0.4) is 0 Å². The Labute approximate surface area is 108 Å². The lowest BCUT2D eigenvalue weighted by Crippen LogP contribution is -2.43. The number of nitriles is 1. The van der Waals surface area contributed by atoms with Crippen LogP contribution in [-0.4, -0.2) is 43.6 Å². The Hall–Kier alpha value is -1.13. The van der Waals surface area contributed by atoms with E-state index in [0.29, 0.717) is 19.4 Å². The average molecular weight is 274 g/mol. The van der Waals surface area contributed by atoms with Gasteiger partial charge in [-0.3, -0.25) is 4.79 Å². The Morgan fingerprint density at radius 3 is 2.50 bits per heavy atom. The third-order valence-electron chi connectivity index (χ3n) is 3.06. The number of sulfonamides is 1. The van der Waals surface area contributed by atoms with Gasteiger partial charge in [0.15, 0.2) is 5.25 Å². The van der Waals surface area contributed by atoms with Crippen LogP contribution in [0, 0.1) is 17.2 Å². The fourth-order valence-electron chi connectivity index (χ4n) is 1.90. The summed E-state index contributed by atoms with van der Waals surface area (Å²) in [7, 11) is -3.55. The van der Waals surface area contributed by atoms with E-state index in [0.717, 1.165) is 0 Å². The second-order valence-corrected chi connectivity index (χ2v) is 6.50. The monoisotopic (exact) mass is 274 g/mol. The summed E-state index contributed by atoms with van der Waals surface area (Å²) < 4.78 is 30.0. The van der Waals surface area contributed by atoms with E-state index in [4.69, 9.17) is 10.00 Å². The summed E-state index contributed by atoms with van der Waals surface area (Å²) in [5.41, 5.74) is 0. The molecule has 0 aromatic heterocycles. The Kier molecular flexibility index (Phi) is 5.11. The van der Waals surface area contributed by atoms with Crippen molar-refractivity contribution in [3.8, 4) is 6.07 Å². The van der Waals surface area contributed by atoms with Crippen LogP contribution in [0.4, 0.5) is 0 Å². The van der Waals surface area contributed by atoms with Crippen molar-refractivity contribution in [3.63, 3.8) is 0 Å². The Morgan fingerprint density at radius 1 is 1.50 bits per heavy atom. The summed E-state index contributed by atoms with van der Waals surface area (Å²) >= 11 is 0. The average Bonchev–Trinajstić information content (AvgIpc) is 2.38. The highest BCUT2D eigenvalue weighted by Gasteiger charge is 2.34. The van der Waals surface area contributed by atoms with Crippen molar-refractivity contribution < 1.29 is 17.9 Å². The zero-order valence-electron chi connectivity index (χ0n) is 10.6. The van der Waals surface area contributed by atoms with Gasteiger partial charge >= 0.3 is 5.97 Å². The van der Waals surface area contributed by atoms with E-state index in [9.17, 15) is 13.2 Å². The highest BCUT2D eigenvalue weighted by molar-refractivity contribution is 7.89. The third-order valence-corrected chi connectivity index (χ3v) is 5.15. The van der Waals surface area contributed by atoms with Gasteiger partial charge in [0, 0.05) is 13.1 Å². The van der Waals surface area contributed by atoms with Gasteiger partial charge in [0.2, 0.25) is 10.0 Å². The fourth-order valence-corrected chi connectivity index (χ4v) is 3.20. The second-order valence-electron chi connectivity index (χ2n) is 4.24. The normalized spacial score (nSPS) is 20.1. The predicted octanol–water partition coefficient (Wildman–Crippen LogP) is 0.503. The van der Waals surface area contributed by atoms with E-state index in [-0.39, 0.29) is 25.0 Å². The summed E-state index contributed by atoms with van der Waals surface area (Å²) in [4.78, 5) is 11.5. The number of carbonyl (C=O) groups is 1. The molecular weight excluding hydrogens is 256 g/mol. The summed E-state index contributed by atoms with van der Waals surface area (Å²) in [6.45, 7) is 4.00. The summed E-state index contributed by atoms with van der Waals surface area (Å²) in [5.74, 6) is -0.489. The first-order valence-electron chi connectivity index (χ1n) is 5.98. The maximum Gasteiger partial charge on any atom is 0.309 e. The van der Waals surface area contributed by atoms with Gasteiger partial charge in [-0.2, -0.15) is 5.26 Å². The molecule has 0 N–H and O–H groups in total. The van der Waals surface area contributed by atoms with Crippen LogP contribution in [0.1, 0.15) is 26.7 Å². The van der Waals surface area contributed by atoms with Crippen LogP contribution >= 0.6 is 0 Å². The van der Waals surface area contributed by atoms with Crippen LogP contribution in [0.2, 0.25) is 0 Å². The highest BCUT2D eigenvalue weighted by Crippen LogP contribution is 2.22. The summed E-state index contributed by atoms with van der Waals surface area (Å²) in [6, 6.07) is 1.74. The predicted molar refractivity (Wildman–Crippen MR) is 64.9 cm³/mol. The van der Waals surface area contributed by atoms with Crippen LogP contribution < -0.4 is 0 Å². The molecule has 0 aliphatic carbocycles. The minimum atomic E-state index is -3.55.